The van der Waals surface area contributed by atoms with E-state index in [1.165, 1.54) is 5.56 Å². The van der Waals surface area contributed by atoms with E-state index in [1.54, 1.807) is 7.11 Å². The lowest BCUT2D eigenvalue weighted by Gasteiger charge is -2.48. The molecule has 5 atom stereocenters. The number of carbonyl (C=O) groups is 1. The summed E-state index contributed by atoms with van der Waals surface area (Å²) < 4.78 is 24.5. The molecule has 0 spiro atoms. The summed E-state index contributed by atoms with van der Waals surface area (Å²) in [4.78, 5) is 17.3. The number of fused-ring (bicyclic) bond motifs is 4. The lowest BCUT2D eigenvalue weighted by Crippen LogP contribution is -2.63. The molecule has 9 rings (SSSR count). The smallest absolute Gasteiger partial charge is 0.264 e. The summed E-state index contributed by atoms with van der Waals surface area (Å²) in [6.07, 6.45) is 2.45. The number of nitrogens with one attached hydrogen (secondary N) is 1. The molecule has 56 heavy (non-hydrogen) atoms. The predicted octanol–water partition coefficient (Wildman–Crippen LogP) is 7.02. The van der Waals surface area contributed by atoms with E-state index in [0.717, 1.165) is 48.2 Å². The third-order valence-electron chi connectivity index (χ3n) is 12.1. The highest BCUT2D eigenvalue weighted by molar-refractivity contribution is 6.27. The molecule has 3 aliphatic carbocycles. The van der Waals surface area contributed by atoms with Gasteiger partial charge in [-0.25, -0.2) is 0 Å². The summed E-state index contributed by atoms with van der Waals surface area (Å²) >= 11 is 0. The number of nitrogens with two attached hydrogens (primary N) is 1. The van der Waals surface area contributed by atoms with Gasteiger partial charge in [-0.15, -0.1) is 0 Å². The molecule has 1 saturated carbocycles. The summed E-state index contributed by atoms with van der Waals surface area (Å²) in [6, 6.07) is 30.6. The summed E-state index contributed by atoms with van der Waals surface area (Å²) in [6.45, 7) is 2.04. The van der Waals surface area contributed by atoms with Gasteiger partial charge in [0.15, 0.2) is 11.4 Å². The Labute approximate surface area is 324 Å². The number of aromatic nitrogens is 1. The van der Waals surface area contributed by atoms with Crippen LogP contribution in [-0.4, -0.2) is 51.0 Å². The zero-order valence-corrected chi connectivity index (χ0v) is 31.1. The number of methoxy groups -OCH3 is 1. The van der Waals surface area contributed by atoms with Gasteiger partial charge in [-0.1, -0.05) is 91.0 Å². The number of hydrogen-bond donors (Lipinski definition) is 4. The van der Waals surface area contributed by atoms with E-state index in [0.29, 0.717) is 23.5 Å². The maximum Gasteiger partial charge on any atom is 0.264 e. The highest BCUT2D eigenvalue weighted by Crippen LogP contribution is 2.56. The van der Waals surface area contributed by atoms with Crippen LogP contribution in [0.15, 0.2) is 107 Å². The minimum atomic E-state index is -2.36. The van der Waals surface area contributed by atoms with Gasteiger partial charge in [-0.05, 0) is 66.1 Å². The van der Waals surface area contributed by atoms with Gasteiger partial charge in [0.05, 0.1) is 24.4 Å². The molecule has 1 saturated heterocycles. The zero-order chi connectivity index (χ0) is 38.6. The molecule has 11 heteroatoms. The predicted molar refractivity (Wildman–Crippen MR) is 208 cm³/mol. The summed E-state index contributed by atoms with van der Waals surface area (Å²) in [7, 11) is 1.64. The number of carbonyl (C=O) groups excluding carboxylic acids is 1. The molecular formula is C45H44N4O7. The van der Waals surface area contributed by atoms with Crippen LogP contribution in [0, 0.1) is 17.2 Å². The second kappa shape index (κ2) is 14.4. The molecule has 2 fully saturated rings. The maximum absolute atomic E-state index is 14.8. The van der Waals surface area contributed by atoms with Crippen molar-refractivity contribution in [3.8, 4) is 17.4 Å². The fraction of sp³-hybridized carbons (Fsp3) is 0.311. The Balaban J connectivity index is 1.12. The fourth-order valence-electron chi connectivity index (χ4n) is 9.36. The van der Waals surface area contributed by atoms with Crippen LogP contribution < -0.4 is 19.9 Å². The number of aliphatic hydroxyl groups is 2. The molecule has 11 nitrogen and oxygen atoms in total. The molecule has 0 unspecified atom stereocenters. The molecule has 286 valence electrons. The standard InChI is InChI=1S/C45H44N4O7/c1-53-40-30(33-18-11-19-49(33)23-26-12-5-2-6-13-26)22-34(54-24-27-14-7-3-8-15-27)36-31(40)20-29-21-32-38(46)41-37(42(47)45(32,52)43(51)35(29)39(36)50)44(48-56-41)55-25-28-16-9-4-10-17-28/h2-10,12-17,22,29,32-33,38,47,50,52H,11,18-21,23-25,46H2,1H3/t29-,32-,33-,38-,45+/m0/s1. The van der Waals surface area contributed by atoms with Crippen LogP contribution in [0.2, 0.25) is 0 Å². The van der Waals surface area contributed by atoms with E-state index in [9.17, 15) is 20.4 Å². The van der Waals surface area contributed by atoms with Crippen LogP contribution in [0.3, 0.4) is 0 Å². The van der Waals surface area contributed by atoms with Crippen LogP contribution in [0.25, 0.3) is 5.76 Å². The van der Waals surface area contributed by atoms with E-state index in [4.69, 9.17) is 24.5 Å². The Morgan fingerprint density at radius 1 is 0.946 bits per heavy atom. The van der Waals surface area contributed by atoms with E-state index in [1.807, 2.05) is 72.8 Å². The number of ether oxygens (including phenoxy) is 3. The molecule has 4 aliphatic rings. The summed E-state index contributed by atoms with van der Waals surface area (Å²) in [5, 5.41) is 38.2. The maximum atomic E-state index is 14.8. The largest absolute Gasteiger partial charge is 0.507 e. The molecule has 0 radical (unpaired) electrons. The molecule has 5 N–H and O–H groups in total. The fourth-order valence-corrected chi connectivity index (χ4v) is 9.36. The number of rotatable bonds is 10. The number of nitrogens with zero attached hydrogens (tertiary/aromatic N) is 2. The van der Waals surface area contributed by atoms with Crippen molar-refractivity contribution in [2.75, 3.05) is 13.7 Å². The third-order valence-corrected chi connectivity index (χ3v) is 12.1. The number of aliphatic hydroxyl groups excluding tert-OH is 1. The van der Waals surface area contributed by atoms with Gasteiger partial charge >= 0.3 is 0 Å². The first-order valence-corrected chi connectivity index (χ1v) is 19.2. The summed E-state index contributed by atoms with van der Waals surface area (Å²) in [5.74, 6) is -1.29. The Morgan fingerprint density at radius 3 is 2.25 bits per heavy atom. The van der Waals surface area contributed by atoms with Gasteiger partial charge in [0.25, 0.3) is 5.88 Å². The Kier molecular flexibility index (Phi) is 9.23. The molecule has 5 aromatic rings. The van der Waals surface area contributed by atoms with E-state index >= 15 is 0 Å². The van der Waals surface area contributed by atoms with Crippen molar-refractivity contribution in [2.45, 2.75) is 63.1 Å². The van der Waals surface area contributed by atoms with Crippen LogP contribution in [0.4, 0.5) is 0 Å². The van der Waals surface area contributed by atoms with E-state index in [-0.39, 0.29) is 54.2 Å². The minimum Gasteiger partial charge on any atom is -0.507 e. The molecular weight excluding hydrogens is 709 g/mol. The second-order valence-corrected chi connectivity index (χ2v) is 15.2. The first-order valence-electron chi connectivity index (χ1n) is 19.2. The SMILES string of the molecule is COc1c([C@@H]2CCCN2Cc2ccccc2)cc(OCc2ccccc2)c2c1C[C@H]1C[C@H]3[C@H](N)c4onc(OCc5ccccc5)c4C(=N)[C@@]3(O)C(=O)C1=C2O. The van der Waals surface area contributed by atoms with Crippen molar-refractivity contribution >= 4 is 17.3 Å². The van der Waals surface area contributed by atoms with Gasteiger partial charge < -0.3 is 40.1 Å². The van der Waals surface area contributed by atoms with Crippen molar-refractivity contribution in [3.05, 3.63) is 147 Å². The Hall–Kier alpha value is -5.75. The van der Waals surface area contributed by atoms with Crippen molar-refractivity contribution in [1.29, 1.82) is 5.41 Å². The van der Waals surface area contributed by atoms with Crippen molar-refractivity contribution in [2.24, 2.45) is 17.6 Å². The van der Waals surface area contributed by atoms with E-state index in [2.05, 4.69) is 34.3 Å². The molecule has 2 heterocycles. The molecule has 1 aromatic heterocycles. The van der Waals surface area contributed by atoms with Crippen LogP contribution in [0.5, 0.6) is 17.4 Å². The molecule has 1 aliphatic heterocycles. The average molecular weight is 753 g/mol. The van der Waals surface area contributed by atoms with Crippen LogP contribution in [-0.2, 0) is 31.0 Å². The molecule has 0 amide bonds. The van der Waals surface area contributed by atoms with E-state index < -0.39 is 35.0 Å². The quantitative estimate of drug-likeness (QED) is 0.117. The lowest BCUT2D eigenvalue weighted by atomic mass is 9.57. The van der Waals surface area contributed by atoms with Gasteiger partial charge in [0.1, 0.15) is 36.0 Å². The van der Waals surface area contributed by atoms with Crippen LogP contribution in [0.1, 0.15) is 76.1 Å². The lowest BCUT2D eigenvalue weighted by molar-refractivity contribution is -0.137. The molecule has 0 bridgehead atoms. The highest BCUT2D eigenvalue weighted by Gasteiger charge is 2.63. The first kappa shape index (κ1) is 35.9. The average Bonchev–Trinajstić information content (AvgIpc) is 3.87. The normalized spacial score (nSPS) is 24.3. The monoisotopic (exact) mass is 752 g/mol. The highest BCUT2D eigenvalue weighted by atomic mass is 16.5. The number of ketones is 1. The number of hydrogen-bond acceptors (Lipinski definition) is 11. The minimum absolute atomic E-state index is 0.0237. The molecule has 4 aromatic carbocycles. The van der Waals surface area contributed by atoms with Crippen molar-refractivity contribution in [1.82, 2.24) is 10.1 Å². The number of Topliss-reactive ketones (excluding diaryl/α,β-unsaturated/α-hetero) is 1. The van der Waals surface area contributed by atoms with Crippen LogP contribution >= 0.6 is 0 Å². The van der Waals surface area contributed by atoms with Crippen molar-refractivity contribution < 1.29 is 33.7 Å². The van der Waals surface area contributed by atoms with Crippen molar-refractivity contribution in [3.63, 3.8) is 0 Å². The van der Waals surface area contributed by atoms with Gasteiger partial charge in [-0.2, -0.15) is 0 Å². The Bertz CT molecular complexity index is 2330. The first-order chi connectivity index (χ1) is 27.3. The topological polar surface area (TPSA) is 164 Å². The number of benzene rings is 4. The second-order valence-electron chi connectivity index (χ2n) is 15.2. The zero-order valence-electron chi connectivity index (χ0n) is 31.1. The van der Waals surface area contributed by atoms with Gasteiger partial charge in [0.2, 0.25) is 5.78 Å². The number of likely N-dealkylation sites (tertiary alicyclic amines) is 1. The Morgan fingerprint density at radius 2 is 1.59 bits per heavy atom. The van der Waals surface area contributed by atoms with Gasteiger partial charge in [0, 0.05) is 35.2 Å². The van der Waals surface area contributed by atoms with Gasteiger partial charge in [-0.3, -0.25) is 9.69 Å². The summed E-state index contributed by atoms with van der Waals surface area (Å²) in [5.41, 5.74) is 9.23. The third kappa shape index (κ3) is 5.89.